The number of halogens is 1. The number of nitrogens with zero attached hydrogens (tertiary/aromatic N) is 1. The van der Waals surface area contributed by atoms with Crippen molar-refractivity contribution in [2.24, 2.45) is 0 Å². The molecule has 0 saturated heterocycles. The average Bonchev–Trinajstić information content (AvgIpc) is 1.86. The zero-order valence-corrected chi connectivity index (χ0v) is 4.02. The molecule has 1 radical (unpaired) electrons. The van der Waals surface area contributed by atoms with Gasteiger partial charge in [0.2, 0.25) is 0 Å². The van der Waals surface area contributed by atoms with E-state index in [-0.39, 0.29) is 5.50 Å². The van der Waals surface area contributed by atoms with Gasteiger partial charge in [-0.3, -0.25) is 0 Å². The van der Waals surface area contributed by atoms with Crippen molar-refractivity contribution < 1.29 is 0 Å². The van der Waals surface area contributed by atoms with Gasteiger partial charge in [0.05, 0.1) is 0 Å². The predicted molar refractivity (Wildman–Crippen MR) is 25.8 cm³/mol. The summed E-state index contributed by atoms with van der Waals surface area (Å²) in [5.41, 5.74) is -0.0370. The molecule has 1 nitrogen and oxygen atoms in total. The summed E-state index contributed by atoms with van der Waals surface area (Å²) in [5, 5.41) is 3.89. The van der Waals surface area contributed by atoms with Crippen LogP contribution in [0.4, 0.5) is 0 Å². The highest BCUT2D eigenvalue weighted by atomic mass is 35.5. The summed E-state index contributed by atoms with van der Waals surface area (Å²) in [7, 11) is 0. The quantitative estimate of drug-likeness (QED) is 0.243. The van der Waals surface area contributed by atoms with E-state index in [9.17, 15) is 0 Å². The van der Waals surface area contributed by atoms with Crippen molar-refractivity contribution in [1.29, 1.82) is 0 Å². The fourth-order valence-corrected chi connectivity index (χ4v) is 0.578. The lowest BCUT2D eigenvalue weighted by atomic mass is 10.6. The van der Waals surface area contributed by atoms with E-state index in [1.165, 1.54) is 0 Å². The highest BCUT2D eigenvalue weighted by Gasteiger charge is 2.01. The van der Waals surface area contributed by atoms with Gasteiger partial charge in [-0.05, 0) is 0 Å². The predicted octanol–water partition coefficient (Wildman–Crippen LogP) is 0.725. The molecule has 1 atom stereocenters. The molecule has 0 aromatic carbocycles. The molecule has 0 bridgehead atoms. The van der Waals surface area contributed by atoms with Gasteiger partial charge in [0.1, 0.15) is 5.50 Å². The van der Waals surface area contributed by atoms with E-state index >= 15 is 0 Å². The fourth-order valence-electron chi connectivity index (χ4n) is 0.396. The van der Waals surface area contributed by atoms with E-state index < -0.39 is 0 Å². The van der Waals surface area contributed by atoms with Crippen molar-refractivity contribution in [2.75, 3.05) is 6.54 Å². The van der Waals surface area contributed by atoms with Crippen LogP contribution in [0.1, 0.15) is 0 Å². The Labute approximate surface area is 42.0 Å². The van der Waals surface area contributed by atoms with Gasteiger partial charge in [0.15, 0.2) is 0 Å². The van der Waals surface area contributed by atoms with E-state index in [2.05, 4.69) is 5.32 Å². The summed E-state index contributed by atoms with van der Waals surface area (Å²) < 4.78 is 0. The fraction of sp³-hybridized carbons (Fsp3) is 0.500. The molecular weight excluding hydrogens is 97.5 g/mol. The lowest BCUT2D eigenvalue weighted by Gasteiger charge is -1.88. The molecule has 1 aliphatic rings. The Morgan fingerprint density at radius 3 is 2.83 bits per heavy atom. The van der Waals surface area contributed by atoms with Gasteiger partial charge in [-0.15, -0.1) is 0 Å². The van der Waals surface area contributed by atoms with Crippen LogP contribution in [0.3, 0.4) is 0 Å². The lowest BCUT2D eigenvalue weighted by molar-refractivity contribution is 0.819. The Hall–Kier alpha value is -0.0100. The van der Waals surface area contributed by atoms with Crippen LogP contribution in [0, 0.1) is 0 Å². The topological polar surface area (TPSA) is 14.1 Å². The van der Waals surface area contributed by atoms with Crippen LogP contribution in [0.25, 0.3) is 0 Å². The number of hydrogen-bond donors (Lipinski definition) is 0. The van der Waals surface area contributed by atoms with Crippen LogP contribution < -0.4 is 5.32 Å². The molecule has 2 heteroatoms. The first-order chi connectivity index (χ1) is 2.89. The Morgan fingerprint density at radius 2 is 2.67 bits per heavy atom. The first-order valence-corrected chi connectivity index (χ1v) is 2.30. The van der Waals surface area contributed by atoms with Crippen molar-refractivity contribution in [3.05, 3.63) is 12.2 Å². The van der Waals surface area contributed by atoms with E-state index in [0.29, 0.717) is 0 Å². The molecule has 1 rings (SSSR count). The largest absolute Gasteiger partial charge is 0.214 e. The van der Waals surface area contributed by atoms with Gasteiger partial charge in [-0.2, -0.15) is 0 Å². The van der Waals surface area contributed by atoms with Crippen LogP contribution in [-0.2, 0) is 0 Å². The van der Waals surface area contributed by atoms with Crippen molar-refractivity contribution in [3.63, 3.8) is 0 Å². The highest BCUT2D eigenvalue weighted by Crippen LogP contribution is 1.99. The molecule has 0 N–H and O–H groups in total. The highest BCUT2D eigenvalue weighted by molar-refractivity contribution is 6.21. The van der Waals surface area contributed by atoms with Gasteiger partial charge in [0, 0.05) is 6.54 Å². The summed E-state index contributed by atoms with van der Waals surface area (Å²) in [4.78, 5) is 0. The second-order valence-corrected chi connectivity index (χ2v) is 1.61. The van der Waals surface area contributed by atoms with Gasteiger partial charge in [-0.25, -0.2) is 5.32 Å². The Bertz CT molecular complexity index is 69.9. The van der Waals surface area contributed by atoms with E-state index in [1.54, 1.807) is 0 Å². The molecule has 33 valence electrons. The first kappa shape index (κ1) is 4.16. The minimum atomic E-state index is -0.0370. The molecule has 0 aromatic heterocycles. The van der Waals surface area contributed by atoms with Crippen LogP contribution in [0.2, 0.25) is 0 Å². The molecule has 1 aliphatic heterocycles. The third kappa shape index (κ3) is 0.730. The van der Waals surface area contributed by atoms with Gasteiger partial charge in [-0.1, -0.05) is 23.8 Å². The zero-order chi connectivity index (χ0) is 4.41. The van der Waals surface area contributed by atoms with Crippen molar-refractivity contribution >= 4 is 11.6 Å². The van der Waals surface area contributed by atoms with E-state index in [1.807, 2.05) is 12.2 Å². The third-order valence-electron chi connectivity index (χ3n) is 0.680. The Kier molecular flexibility index (Phi) is 1.13. The summed E-state index contributed by atoms with van der Waals surface area (Å²) >= 11 is 5.46. The maximum atomic E-state index is 5.46. The molecule has 0 aromatic rings. The minimum Gasteiger partial charge on any atom is -0.214 e. The molecule has 0 aliphatic carbocycles. The zero-order valence-electron chi connectivity index (χ0n) is 3.26. The molecule has 0 amide bonds. The van der Waals surface area contributed by atoms with Crippen molar-refractivity contribution in [1.82, 2.24) is 5.32 Å². The second-order valence-electron chi connectivity index (χ2n) is 1.17. The normalized spacial score (nSPS) is 31.8. The van der Waals surface area contributed by atoms with Crippen molar-refractivity contribution in [2.45, 2.75) is 5.50 Å². The molecule has 0 saturated carbocycles. The lowest BCUT2D eigenvalue weighted by Crippen LogP contribution is -2.04. The molecule has 0 spiro atoms. The van der Waals surface area contributed by atoms with Crippen molar-refractivity contribution in [3.8, 4) is 0 Å². The molecule has 6 heavy (non-hydrogen) atoms. The van der Waals surface area contributed by atoms with Crippen LogP contribution in [0.5, 0.6) is 0 Å². The summed E-state index contributed by atoms with van der Waals surface area (Å²) in [5.74, 6) is 0. The molecular formula is C4H5ClN. The number of hydrogen-bond acceptors (Lipinski definition) is 0. The van der Waals surface area contributed by atoms with E-state index in [4.69, 9.17) is 11.6 Å². The maximum absolute atomic E-state index is 5.46. The minimum absolute atomic E-state index is 0.0370. The summed E-state index contributed by atoms with van der Waals surface area (Å²) in [6, 6.07) is 0. The van der Waals surface area contributed by atoms with Crippen LogP contribution in [0.15, 0.2) is 12.2 Å². The smallest absolute Gasteiger partial charge is 0.117 e. The SMILES string of the molecule is ClC1C=CC[N]1. The Morgan fingerprint density at radius 1 is 1.83 bits per heavy atom. The Balaban J connectivity index is 2.38. The van der Waals surface area contributed by atoms with Gasteiger partial charge < -0.3 is 0 Å². The molecule has 0 fully saturated rings. The standard InChI is InChI=1S/C4H5ClN/c5-4-2-1-3-6-4/h1-2,4H,3H2. The van der Waals surface area contributed by atoms with Gasteiger partial charge in [0.25, 0.3) is 0 Å². The number of rotatable bonds is 0. The van der Waals surface area contributed by atoms with Gasteiger partial charge >= 0.3 is 0 Å². The van der Waals surface area contributed by atoms with E-state index in [0.717, 1.165) is 6.54 Å². The van der Waals surface area contributed by atoms with Crippen LogP contribution >= 0.6 is 11.6 Å². The maximum Gasteiger partial charge on any atom is 0.117 e. The third-order valence-corrected chi connectivity index (χ3v) is 0.964. The number of alkyl halides is 1. The molecule has 1 unspecified atom stereocenters. The summed E-state index contributed by atoms with van der Waals surface area (Å²) in [6.45, 7) is 0.800. The second kappa shape index (κ2) is 1.63. The monoisotopic (exact) mass is 102 g/mol. The first-order valence-electron chi connectivity index (χ1n) is 1.87. The average molecular weight is 103 g/mol. The van der Waals surface area contributed by atoms with Crippen LogP contribution in [-0.4, -0.2) is 12.0 Å². The molecule has 1 heterocycles. The summed E-state index contributed by atoms with van der Waals surface area (Å²) in [6.07, 6.45) is 3.83.